The number of carbonyl (C=O) groups is 2. The zero-order chi connectivity index (χ0) is 31.1. The summed E-state index contributed by atoms with van der Waals surface area (Å²) in [7, 11) is 0. The third-order valence-electron chi connectivity index (χ3n) is 7.26. The molecule has 1 aliphatic rings. The topological polar surface area (TPSA) is 106 Å². The molecule has 3 aromatic carbocycles. The van der Waals surface area contributed by atoms with Crippen molar-refractivity contribution in [2.45, 2.75) is 31.1 Å². The molecule has 7 nitrogen and oxygen atoms in total. The number of carboxylic acids is 1. The van der Waals surface area contributed by atoms with Crippen LogP contribution in [0.15, 0.2) is 60.8 Å². The molecule has 4 aromatic rings. The van der Waals surface area contributed by atoms with Crippen LogP contribution >= 0.6 is 11.6 Å². The first-order valence-electron chi connectivity index (χ1n) is 12.8. The van der Waals surface area contributed by atoms with E-state index in [9.17, 15) is 36.6 Å². The second-order valence-electron chi connectivity index (χ2n) is 9.87. The number of fused-ring (bicyclic) bond motifs is 1. The molecule has 5 rings (SSSR count). The normalized spacial score (nSPS) is 15.5. The number of rotatable bonds is 7. The molecule has 13 heteroatoms. The van der Waals surface area contributed by atoms with Gasteiger partial charge in [-0.05, 0) is 42.3 Å². The predicted molar refractivity (Wildman–Crippen MR) is 148 cm³/mol. The number of nitrogens with zero attached hydrogens (tertiary/aromatic N) is 3. The Bertz CT molecular complexity index is 1780. The zero-order valence-electron chi connectivity index (χ0n) is 21.9. The Kier molecular flexibility index (Phi) is 7.94. The van der Waals surface area contributed by atoms with Crippen molar-refractivity contribution in [2.24, 2.45) is 0 Å². The van der Waals surface area contributed by atoms with Crippen LogP contribution in [0.2, 0.25) is 5.02 Å². The van der Waals surface area contributed by atoms with Gasteiger partial charge in [-0.15, -0.1) is 0 Å². The number of pyridine rings is 1. The molecule has 1 saturated heterocycles. The molecule has 0 bridgehead atoms. The van der Waals surface area contributed by atoms with Crippen LogP contribution in [0.3, 0.4) is 0 Å². The molecule has 2 N–H and O–H groups in total. The van der Waals surface area contributed by atoms with Gasteiger partial charge in [0.15, 0.2) is 0 Å². The zero-order valence-corrected chi connectivity index (χ0v) is 22.7. The van der Waals surface area contributed by atoms with Crippen molar-refractivity contribution in [3.63, 3.8) is 0 Å². The first-order valence-corrected chi connectivity index (χ1v) is 13.2. The Morgan fingerprint density at radius 3 is 2.40 bits per heavy atom. The molecule has 1 fully saturated rings. The molecule has 0 aliphatic carbocycles. The highest BCUT2D eigenvalue weighted by atomic mass is 35.5. The van der Waals surface area contributed by atoms with Crippen LogP contribution in [0.5, 0.6) is 0 Å². The summed E-state index contributed by atoms with van der Waals surface area (Å²) in [6, 6.07) is 11.0. The number of benzene rings is 3. The van der Waals surface area contributed by atoms with Crippen LogP contribution in [-0.4, -0.2) is 46.8 Å². The Morgan fingerprint density at radius 2 is 1.81 bits per heavy atom. The summed E-state index contributed by atoms with van der Waals surface area (Å²) in [6.07, 6.45) is -3.61. The fourth-order valence-electron chi connectivity index (χ4n) is 5.06. The van der Waals surface area contributed by atoms with Gasteiger partial charge in [-0.1, -0.05) is 35.9 Å². The number of alkyl halides is 3. The van der Waals surface area contributed by atoms with Gasteiger partial charge >= 0.3 is 12.1 Å². The fourth-order valence-corrected chi connectivity index (χ4v) is 5.34. The number of halogens is 6. The Morgan fingerprint density at radius 1 is 1.12 bits per heavy atom. The maximum absolute atomic E-state index is 14.9. The highest BCUT2D eigenvalue weighted by molar-refractivity contribution is 6.33. The van der Waals surface area contributed by atoms with Crippen LogP contribution in [0.1, 0.15) is 27.9 Å². The molecule has 0 saturated carbocycles. The molecule has 43 heavy (non-hydrogen) atoms. The smallest absolute Gasteiger partial charge is 0.408 e. The molecule has 1 amide bonds. The van der Waals surface area contributed by atoms with Crippen molar-refractivity contribution in [1.82, 2.24) is 10.3 Å². The van der Waals surface area contributed by atoms with Crippen molar-refractivity contribution < 1.29 is 36.6 Å². The monoisotopic (exact) mass is 614 g/mol. The summed E-state index contributed by atoms with van der Waals surface area (Å²) in [5.74, 6) is -5.73. The Balaban J connectivity index is 1.42. The minimum absolute atomic E-state index is 0.0747. The molecular formula is C30H20ClF5N4O3. The van der Waals surface area contributed by atoms with Crippen LogP contribution in [-0.2, 0) is 11.2 Å². The number of amides is 1. The lowest BCUT2D eigenvalue weighted by Gasteiger charge is -2.43. The third kappa shape index (κ3) is 5.81. The molecule has 0 spiro atoms. The minimum atomic E-state index is -4.60. The van der Waals surface area contributed by atoms with Gasteiger partial charge < -0.3 is 15.3 Å². The molecular weight excluding hydrogens is 595 g/mol. The van der Waals surface area contributed by atoms with Gasteiger partial charge in [0.2, 0.25) is 0 Å². The maximum Gasteiger partial charge on any atom is 0.408 e. The number of aliphatic carboxylic acids is 1. The first-order chi connectivity index (χ1) is 20.4. The lowest BCUT2D eigenvalue weighted by atomic mass is 9.94. The SMILES string of the molecule is N#Cc1ccc(-c2ccc(C[C@H](NC(=O)c3c(F)cc(N4CCC4C(F)(F)F)cc3F)C(=O)O)c3cccnc23)c(Cl)c1. The molecule has 220 valence electrons. The summed E-state index contributed by atoms with van der Waals surface area (Å²) in [4.78, 5) is 30.2. The summed E-state index contributed by atoms with van der Waals surface area (Å²) >= 11 is 6.40. The number of carboxylic acid groups (broad SMARTS) is 1. The standard InChI is InChI=1S/C30H20ClF5N4O3/c31-21-10-15(14-37)3-5-19(21)20-6-4-16(18-2-1-8-38-27(18)20)11-24(29(42)43)39-28(41)26-22(32)12-17(13-23(26)33)40-9-7-25(40)30(34,35)36/h1-6,8,10,12-13,24-25H,7,9,11H2,(H,39,41)(H,42,43)/t24-,25?/m0/s1. The maximum atomic E-state index is 14.9. The number of carbonyl (C=O) groups excluding carboxylic acids is 1. The second kappa shape index (κ2) is 11.5. The van der Waals surface area contributed by atoms with Gasteiger partial charge in [-0.25, -0.2) is 13.6 Å². The Hall–Kier alpha value is -4.76. The summed E-state index contributed by atoms with van der Waals surface area (Å²) < 4.78 is 69.1. The second-order valence-corrected chi connectivity index (χ2v) is 10.3. The van der Waals surface area contributed by atoms with E-state index in [0.29, 0.717) is 50.3 Å². The first kappa shape index (κ1) is 29.7. The van der Waals surface area contributed by atoms with E-state index in [-0.39, 0.29) is 25.1 Å². The van der Waals surface area contributed by atoms with E-state index < -0.39 is 47.3 Å². The predicted octanol–water partition coefficient (Wildman–Crippen LogP) is 6.27. The Labute approximate surface area is 246 Å². The highest BCUT2D eigenvalue weighted by Gasteiger charge is 2.49. The van der Waals surface area contributed by atoms with Crippen LogP contribution in [0, 0.1) is 23.0 Å². The van der Waals surface area contributed by atoms with Crippen molar-refractivity contribution in [3.8, 4) is 17.2 Å². The lowest BCUT2D eigenvalue weighted by molar-refractivity contribution is -0.159. The van der Waals surface area contributed by atoms with Crippen molar-refractivity contribution in [3.05, 3.63) is 94.1 Å². The number of hydrogen-bond acceptors (Lipinski definition) is 5. The van der Waals surface area contributed by atoms with E-state index in [1.54, 1.807) is 36.4 Å². The van der Waals surface area contributed by atoms with E-state index in [1.165, 1.54) is 12.3 Å². The van der Waals surface area contributed by atoms with Gasteiger partial charge in [0, 0.05) is 46.4 Å². The summed E-state index contributed by atoms with van der Waals surface area (Å²) in [5, 5.41) is 21.9. The number of nitrogens with one attached hydrogen (secondary N) is 1. The van der Waals surface area contributed by atoms with Crippen LogP contribution in [0.25, 0.3) is 22.0 Å². The van der Waals surface area contributed by atoms with Gasteiger partial charge in [-0.3, -0.25) is 9.78 Å². The van der Waals surface area contributed by atoms with Gasteiger partial charge in [0.05, 0.1) is 17.1 Å². The van der Waals surface area contributed by atoms with E-state index in [4.69, 9.17) is 16.9 Å². The van der Waals surface area contributed by atoms with E-state index in [1.807, 2.05) is 6.07 Å². The number of hydrogen-bond donors (Lipinski definition) is 2. The summed E-state index contributed by atoms with van der Waals surface area (Å²) in [5.41, 5.74) is 0.940. The van der Waals surface area contributed by atoms with Gasteiger partial charge in [0.25, 0.3) is 5.91 Å². The van der Waals surface area contributed by atoms with Crippen molar-refractivity contribution in [1.29, 1.82) is 5.26 Å². The molecule has 1 unspecified atom stereocenters. The quantitative estimate of drug-likeness (QED) is 0.238. The van der Waals surface area contributed by atoms with Crippen LogP contribution < -0.4 is 10.2 Å². The number of aromatic nitrogens is 1. The molecule has 2 heterocycles. The minimum Gasteiger partial charge on any atom is -0.480 e. The third-order valence-corrected chi connectivity index (χ3v) is 7.57. The molecule has 1 aliphatic heterocycles. The molecule has 1 aromatic heterocycles. The number of nitriles is 1. The van der Waals surface area contributed by atoms with Crippen molar-refractivity contribution in [2.75, 3.05) is 11.4 Å². The van der Waals surface area contributed by atoms with E-state index >= 15 is 0 Å². The van der Waals surface area contributed by atoms with Crippen molar-refractivity contribution >= 4 is 40.1 Å². The van der Waals surface area contributed by atoms with E-state index in [0.717, 1.165) is 4.90 Å². The molecule has 0 radical (unpaired) electrons. The molecule has 2 atom stereocenters. The highest BCUT2D eigenvalue weighted by Crippen LogP contribution is 2.38. The average Bonchev–Trinajstić information content (AvgIpc) is 2.91. The fraction of sp³-hybridized carbons (Fsp3) is 0.200. The van der Waals surface area contributed by atoms with Crippen LogP contribution in [0.4, 0.5) is 27.6 Å². The summed E-state index contributed by atoms with van der Waals surface area (Å²) in [6.45, 7) is -0.0747. The largest absolute Gasteiger partial charge is 0.480 e. The van der Waals surface area contributed by atoms with Gasteiger partial charge in [-0.2, -0.15) is 18.4 Å². The number of anilines is 1. The average molecular weight is 615 g/mol. The van der Waals surface area contributed by atoms with Gasteiger partial charge in [0.1, 0.15) is 29.3 Å². The lowest BCUT2D eigenvalue weighted by Crippen LogP contribution is -2.56. The van der Waals surface area contributed by atoms with E-state index in [2.05, 4.69) is 10.3 Å².